The van der Waals surface area contributed by atoms with E-state index in [0.717, 1.165) is 0 Å². The lowest BCUT2D eigenvalue weighted by molar-refractivity contribution is -0.143. The van der Waals surface area contributed by atoms with Crippen molar-refractivity contribution in [2.75, 3.05) is 0 Å². The molecule has 1 aromatic rings. The molecule has 0 aliphatic carbocycles. The zero-order valence-corrected chi connectivity index (χ0v) is 10.6. The van der Waals surface area contributed by atoms with Crippen LogP contribution < -0.4 is 0 Å². The van der Waals surface area contributed by atoms with Gasteiger partial charge < -0.3 is 5.41 Å². The SMILES string of the molecule is CC(C)=CC(=N)c1cc(C(F)(F)F)cc(C(F)(F)F)c1. The predicted molar refractivity (Wildman–Crippen MR) is 62.7 cm³/mol. The first-order valence-electron chi connectivity index (χ1n) is 5.44. The lowest BCUT2D eigenvalue weighted by Gasteiger charge is -2.14. The van der Waals surface area contributed by atoms with Crippen molar-refractivity contribution < 1.29 is 26.3 Å². The molecule has 7 heteroatoms. The topological polar surface area (TPSA) is 23.9 Å². The summed E-state index contributed by atoms with van der Waals surface area (Å²) in [5, 5.41) is 7.55. The highest BCUT2D eigenvalue weighted by molar-refractivity contribution is 6.07. The molecule has 0 unspecified atom stereocenters. The molecule has 0 amide bonds. The fraction of sp³-hybridized carbons (Fsp3) is 0.308. The van der Waals surface area contributed by atoms with Crippen LogP contribution in [0.15, 0.2) is 29.8 Å². The number of hydrogen-bond donors (Lipinski definition) is 1. The van der Waals surface area contributed by atoms with Gasteiger partial charge in [-0.25, -0.2) is 0 Å². The monoisotopic (exact) mass is 295 g/mol. The quantitative estimate of drug-likeness (QED) is 0.582. The molecule has 1 rings (SSSR count). The Bertz CT molecular complexity index is 515. The average molecular weight is 295 g/mol. The molecule has 0 saturated heterocycles. The molecule has 1 N–H and O–H groups in total. The Morgan fingerprint density at radius 1 is 0.900 bits per heavy atom. The van der Waals surface area contributed by atoms with Crippen LogP contribution in [0.2, 0.25) is 0 Å². The Balaban J connectivity index is 3.46. The third kappa shape index (κ3) is 4.11. The van der Waals surface area contributed by atoms with Gasteiger partial charge in [0.15, 0.2) is 0 Å². The fourth-order valence-electron chi connectivity index (χ4n) is 1.48. The van der Waals surface area contributed by atoms with E-state index in [0.29, 0.717) is 17.7 Å². The minimum atomic E-state index is -4.90. The molecule has 110 valence electrons. The second-order valence-electron chi connectivity index (χ2n) is 4.43. The van der Waals surface area contributed by atoms with Crippen LogP contribution in [-0.2, 0) is 12.4 Å². The Morgan fingerprint density at radius 3 is 1.60 bits per heavy atom. The van der Waals surface area contributed by atoms with Crippen LogP contribution in [0.3, 0.4) is 0 Å². The molecule has 0 radical (unpaired) electrons. The van der Waals surface area contributed by atoms with Gasteiger partial charge in [-0.1, -0.05) is 5.57 Å². The molecule has 1 aromatic carbocycles. The molecule has 0 atom stereocenters. The Morgan fingerprint density at radius 2 is 1.30 bits per heavy atom. The van der Waals surface area contributed by atoms with Gasteiger partial charge in [0, 0.05) is 5.56 Å². The first-order valence-corrected chi connectivity index (χ1v) is 5.44. The van der Waals surface area contributed by atoms with E-state index in [9.17, 15) is 26.3 Å². The largest absolute Gasteiger partial charge is 0.416 e. The molecule has 0 heterocycles. The Hall–Kier alpha value is -1.79. The summed E-state index contributed by atoms with van der Waals surface area (Å²) in [5.41, 5.74) is -3.07. The van der Waals surface area contributed by atoms with Crippen molar-refractivity contribution in [2.45, 2.75) is 26.2 Å². The molecular weight excluding hydrogens is 284 g/mol. The predicted octanol–water partition coefficient (Wildman–Crippen LogP) is 5.06. The minimum Gasteiger partial charge on any atom is -0.300 e. The molecule has 0 fully saturated rings. The number of alkyl halides is 6. The van der Waals surface area contributed by atoms with Gasteiger partial charge in [0.2, 0.25) is 0 Å². The number of rotatable bonds is 2. The van der Waals surface area contributed by atoms with Gasteiger partial charge in [0.25, 0.3) is 0 Å². The third-order valence-electron chi connectivity index (χ3n) is 2.33. The summed E-state index contributed by atoms with van der Waals surface area (Å²) in [4.78, 5) is 0. The van der Waals surface area contributed by atoms with Crippen LogP contribution in [0.4, 0.5) is 26.3 Å². The second kappa shape index (κ2) is 5.30. The van der Waals surface area contributed by atoms with Crippen LogP contribution >= 0.6 is 0 Å². The molecule has 1 nitrogen and oxygen atoms in total. The zero-order chi connectivity index (χ0) is 15.7. The lowest BCUT2D eigenvalue weighted by atomic mass is 10.0. The highest BCUT2D eigenvalue weighted by Gasteiger charge is 2.37. The first-order chi connectivity index (χ1) is 8.91. The summed E-state index contributed by atoms with van der Waals surface area (Å²) >= 11 is 0. The smallest absolute Gasteiger partial charge is 0.300 e. The fourth-order valence-corrected chi connectivity index (χ4v) is 1.48. The first kappa shape index (κ1) is 16.3. The molecule has 0 aliphatic heterocycles. The number of nitrogens with one attached hydrogen (secondary N) is 1. The van der Waals surface area contributed by atoms with Gasteiger partial charge in [0.1, 0.15) is 0 Å². The summed E-state index contributed by atoms with van der Waals surface area (Å²) in [5.74, 6) is 0. The molecule has 0 aliphatic rings. The molecule has 0 aromatic heterocycles. The molecule has 0 bridgehead atoms. The highest BCUT2D eigenvalue weighted by Crippen LogP contribution is 2.36. The van der Waals surface area contributed by atoms with Crippen LogP contribution in [-0.4, -0.2) is 5.71 Å². The van der Waals surface area contributed by atoms with E-state index in [1.54, 1.807) is 13.8 Å². The van der Waals surface area contributed by atoms with Gasteiger partial charge in [0.05, 0.1) is 16.8 Å². The summed E-state index contributed by atoms with van der Waals surface area (Å²) in [6, 6.07) is 1.12. The normalized spacial score (nSPS) is 12.2. The second-order valence-corrected chi connectivity index (χ2v) is 4.43. The van der Waals surface area contributed by atoms with Crippen LogP contribution in [0.5, 0.6) is 0 Å². The number of allylic oxidation sites excluding steroid dienone is 2. The van der Waals surface area contributed by atoms with Crippen LogP contribution in [0, 0.1) is 5.41 Å². The van der Waals surface area contributed by atoms with Crippen LogP contribution in [0.25, 0.3) is 0 Å². The van der Waals surface area contributed by atoms with E-state index in [-0.39, 0.29) is 6.07 Å². The van der Waals surface area contributed by atoms with Crippen molar-refractivity contribution >= 4 is 5.71 Å². The number of halogens is 6. The molecule has 20 heavy (non-hydrogen) atoms. The Labute approximate surface area is 111 Å². The maximum atomic E-state index is 12.6. The summed E-state index contributed by atoms with van der Waals surface area (Å²) in [6.07, 6.45) is -8.60. The van der Waals surface area contributed by atoms with E-state index < -0.39 is 34.8 Å². The van der Waals surface area contributed by atoms with Crippen molar-refractivity contribution in [3.63, 3.8) is 0 Å². The van der Waals surface area contributed by atoms with Crippen molar-refractivity contribution in [3.05, 3.63) is 46.5 Å². The summed E-state index contributed by atoms with van der Waals surface area (Å²) in [7, 11) is 0. The number of hydrogen-bond acceptors (Lipinski definition) is 1. The van der Waals surface area contributed by atoms with Crippen molar-refractivity contribution in [1.82, 2.24) is 0 Å². The van der Waals surface area contributed by atoms with E-state index >= 15 is 0 Å². The minimum absolute atomic E-state index is 0.0410. The standard InChI is InChI=1S/C13H11F6N/c1-7(2)3-11(20)8-4-9(12(14,15)16)6-10(5-8)13(17,18)19/h3-6,20H,1-2H3. The maximum Gasteiger partial charge on any atom is 0.416 e. The van der Waals surface area contributed by atoms with Crippen molar-refractivity contribution in [1.29, 1.82) is 5.41 Å². The van der Waals surface area contributed by atoms with E-state index in [2.05, 4.69) is 0 Å². The van der Waals surface area contributed by atoms with Gasteiger partial charge in [-0.3, -0.25) is 0 Å². The van der Waals surface area contributed by atoms with Crippen LogP contribution in [0.1, 0.15) is 30.5 Å². The van der Waals surface area contributed by atoms with Gasteiger partial charge in [-0.05, 0) is 38.1 Å². The van der Waals surface area contributed by atoms with Gasteiger partial charge in [-0.15, -0.1) is 0 Å². The lowest BCUT2D eigenvalue weighted by Crippen LogP contribution is -2.13. The van der Waals surface area contributed by atoms with Gasteiger partial charge in [-0.2, -0.15) is 26.3 Å². The van der Waals surface area contributed by atoms with Gasteiger partial charge >= 0.3 is 12.4 Å². The van der Waals surface area contributed by atoms with E-state index in [1.165, 1.54) is 6.08 Å². The van der Waals surface area contributed by atoms with Crippen molar-refractivity contribution in [3.8, 4) is 0 Å². The molecule has 0 spiro atoms. The maximum absolute atomic E-state index is 12.6. The number of benzene rings is 1. The van der Waals surface area contributed by atoms with E-state index in [1.807, 2.05) is 0 Å². The highest BCUT2D eigenvalue weighted by atomic mass is 19.4. The zero-order valence-electron chi connectivity index (χ0n) is 10.6. The summed E-state index contributed by atoms with van der Waals surface area (Å²) < 4.78 is 75.7. The molecule has 0 saturated carbocycles. The van der Waals surface area contributed by atoms with Crippen molar-refractivity contribution in [2.24, 2.45) is 0 Å². The summed E-state index contributed by atoms with van der Waals surface area (Å²) in [6.45, 7) is 3.18. The van der Waals surface area contributed by atoms with E-state index in [4.69, 9.17) is 5.41 Å². The Kier molecular flexibility index (Phi) is 4.31. The molecular formula is C13H11F6N. The average Bonchev–Trinajstić information content (AvgIpc) is 2.25. The third-order valence-corrected chi connectivity index (χ3v) is 2.33.